The minimum Gasteiger partial charge on any atom is -0.0952 e. The van der Waals surface area contributed by atoms with Gasteiger partial charge in [-0.3, -0.25) is 0 Å². The van der Waals surface area contributed by atoms with Crippen molar-refractivity contribution in [2.24, 2.45) is 0 Å². The van der Waals surface area contributed by atoms with E-state index < -0.39 is 0 Å². The summed E-state index contributed by atoms with van der Waals surface area (Å²) in [7, 11) is 0. The summed E-state index contributed by atoms with van der Waals surface area (Å²) in [4.78, 5) is 0. The van der Waals surface area contributed by atoms with E-state index in [1.54, 1.807) is 0 Å². The molecule has 0 heterocycles. The normalized spacial score (nSPS) is 16.3. The maximum Gasteiger partial charge on any atom is -0.00746 e. The van der Waals surface area contributed by atoms with E-state index in [0.717, 1.165) is 12.8 Å². The fourth-order valence-corrected chi connectivity index (χ4v) is 3.61. The SMILES string of the molecule is C=C(CC1Cc2cccc3cccc1c23)c1ccccc1. The van der Waals surface area contributed by atoms with Crippen LogP contribution in [0.2, 0.25) is 0 Å². The molecular formula is C21H18. The van der Waals surface area contributed by atoms with Crippen LogP contribution in [0.1, 0.15) is 29.0 Å². The smallest absolute Gasteiger partial charge is 0.00746 e. The van der Waals surface area contributed by atoms with Crippen molar-refractivity contribution in [1.29, 1.82) is 0 Å². The van der Waals surface area contributed by atoms with Crippen molar-refractivity contribution in [3.63, 3.8) is 0 Å². The molecule has 0 aliphatic heterocycles. The molecule has 0 bridgehead atoms. The summed E-state index contributed by atoms with van der Waals surface area (Å²) in [5, 5.41) is 2.85. The molecule has 3 aromatic rings. The van der Waals surface area contributed by atoms with Crippen molar-refractivity contribution in [2.75, 3.05) is 0 Å². The van der Waals surface area contributed by atoms with Crippen LogP contribution in [-0.4, -0.2) is 0 Å². The molecule has 0 spiro atoms. The highest BCUT2D eigenvalue weighted by atomic mass is 14.3. The van der Waals surface area contributed by atoms with Crippen molar-refractivity contribution < 1.29 is 0 Å². The van der Waals surface area contributed by atoms with Crippen LogP contribution in [0.25, 0.3) is 16.3 Å². The molecule has 0 N–H and O–H groups in total. The Bertz CT molecular complexity index is 807. The Labute approximate surface area is 125 Å². The van der Waals surface area contributed by atoms with Gasteiger partial charge < -0.3 is 0 Å². The minimum atomic E-state index is 0.568. The molecular weight excluding hydrogens is 252 g/mol. The van der Waals surface area contributed by atoms with Crippen molar-refractivity contribution in [3.05, 3.63) is 90.0 Å². The fraction of sp³-hybridized carbons (Fsp3) is 0.143. The van der Waals surface area contributed by atoms with Crippen molar-refractivity contribution in [2.45, 2.75) is 18.8 Å². The van der Waals surface area contributed by atoms with Crippen molar-refractivity contribution in [1.82, 2.24) is 0 Å². The second kappa shape index (κ2) is 4.89. The Kier molecular flexibility index (Phi) is 2.89. The summed E-state index contributed by atoms with van der Waals surface area (Å²) < 4.78 is 0. The summed E-state index contributed by atoms with van der Waals surface area (Å²) in [5.74, 6) is 0.568. The van der Waals surface area contributed by atoms with Gasteiger partial charge in [-0.25, -0.2) is 0 Å². The standard InChI is InChI=1S/C21H18/c1-15(16-7-3-2-4-8-16)13-19-14-18-11-5-9-17-10-6-12-20(19)21(17)18/h2-12,19H,1,13-14H2. The minimum absolute atomic E-state index is 0.568. The third kappa shape index (κ3) is 2.08. The lowest BCUT2D eigenvalue weighted by atomic mass is 9.90. The summed E-state index contributed by atoms with van der Waals surface area (Å²) in [6.07, 6.45) is 2.18. The molecule has 0 radical (unpaired) electrons. The molecule has 0 heteroatoms. The maximum atomic E-state index is 4.32. The van der Waals surface area contributed by atoms with Gasteiger partial charge >= 0.3 is 0 Å². The molecule has 1 atom stereocenters. The summed E-state index contributed by atoms with van der Waals surface area (Å²) in [5.41, 5.74) is 5.50. The molecule has 3 aromatic carbocycles. The van der Waals surface area contributed by atoms with Crippen molar-refractivity contribution >= 4 is 16.3 Å². The van der Waals surface area contributed by atoms with Gasteiger partial charge in [0.25, 0.3) is 0 Å². The third-order valence-electron chi connectivity index (χ3n) is 4.60. The summed E-state index contributed by atoms with van der Waals surface area (Å²) in [6, 6.07) is 23.9. The highest BCUT2D eigenvalue weighted by molar-refractivity contribution is 5.91. The fourth-order valence-electron chi connectivity index (χ4n) is 3.61. The molecule has 0 saturated carbocycles. The number of allylic oxidation sites excluding steroid dienone is 1. The molecule has 1 unspecified atom stereocenters. The first-order valence-electron chi connectivity index (χ1n) is 7.56. The lowest BCUT2D eigenvalue weighted by Gasteiger charge is -2.14. The largest absolute Gasteiger partial charge is 0.0952 e. The number of hydrogen-bond donors (Lipinski definition) is 0. The molecule has 0 aromatic heterocycles. The van der Waals surface area contributed by atoms with E-state index in [0.29, 0.717) is 5.92 Å². The van der Waals surface area contributed by atoms with Crippen LogP contribution in [-0.2, 0) is 6.42 Å². The van der Waals surface area contributed by atoms with Gasteiger partial charge in [0.15, 0.2) is 0 Å². The predicted molar refractivity (Wildman–Crippen MR) is 90.5 cm³/mol. The average molecular weight is 270 g/mol. The number of hydrogen-bond acceptors (Lipinski definition) is 0. The van der Waals surface area contributed by atoms with Crippen LogP contribution >= 0.6 is 0 Å². The van der Waals surface area contributed by atoms with E-state index in [4.69, 9.17) is 0 Å². The van der Waals surface area contributed by atoms with E-state index in [-0.39, 0.29) is 0 Å². The average Bonchev–Trinajstić information content (AvgIpc) is 2.89. The van der Waals surface area contributed by atoms with Gasteiger partial charge in [-0.1, -0.05) is 73.3 Å². The molecule has 1 aliphatic carbocycles. The van der Waals surface area contributed by atoms with Gasteiger partial charge in [-0.2, -0.15) is 0 Å². The predicted octanol–water partition coefficient (Wildman–Crippen LogP) is 5.58. The molecule has 21 heavy (non-hydrogen) atoms. The lowest BCUT2D eigenvalue weighted by Crippen LogP contribution is -1.97. The van der Waals surface area contributed by atoms with E-state index in [9.17, 15) is 0 Å². The van der Waals surface area contributed by atoms with Gasteiger partial charge in [0.05, 0.1) is 0 Å². The Balaban J connectivity index is 1.68. The summed E-state index contributed by atoms with van der Waals surface area (Å²) in [6.45, 7) is 4.32. The van der Waals surface area contributed by atoms with Crippen molar-refractivity contribution in [3.8, 4) is 0 Å². The Morgan fingerprint density at radius 3 is 2.48 bits per heavy atom. The second-order valence-electron chi connectivity index (χ2n) is 5.94. The highest BCUT2D eigenvalue weighted by Gasteiger charge is 2.24. The van der Waals surface area contributed by atoms with E-state index >= 15 is 0 Å². The van der Waals surface area contributed by atoms with Gasteiger partial charge in [0, 0.05) is 0 Å². The topological polar surface area (TPSA) is 0 Å². The third-order valence-corrected chi connectivity index (χ3v) is 4.60. The van der Waals surface area contributed by atoms with Crippen LogP contribution < -0.4 is 0 Å². The van der Waals surface area contributed by atoms with E-state index in [1.807, 2.05) is 0 Å². The van der Waals surface area contributed by atoms with Crippen LogP contribution in [0.4, 0.5) is 0 Å². The lowest BCUT2D eigenvalue weighted by molar-refractivity contribution is 0.737. The molecule has 0 nitrogen and oxygen atoms in total. The number of benzene rings is 3. The molecule has 102 valence electrons. The Hall–Kier alpha value is -2.34. The monoisotopic (exact) mass is 270 g/mol. The zero-order valence-electron chi connectivity index (χ0n) is 12.0. The summed E-state index contributed by atoms with van der Waals surface area (Å²) >= 11 is 0. The Morgan fingerprint density at radius 1 is 0.905 bits per heavy atom. The zero-order chi connectivity index (χ0) is 14.2. The van der Waals surface area contributed by atoms with E-state index in [1.165, 1.54) is 33.0 Å². The highest BCUT2D eigenvalue weighted by Crippen LogP contribution is 2.42. The van der Waals surface area contributed by atoms with Crippen LogP contribution in [0, 0.1) is 0 Å². The first kappa shape index (κ1) is 12.4. The zero-order valence-corrected chi connectivity index (χ0v) is 12.0. The van der Waals surface area contributed by atoms with Gasteiger partial charge in [0.2, 0.25) is 0 Å². The maximum absolute atomic E-state index is 4.32. The van der Waals surface area contributed by atoms with Gasteiger partial charge in [-0.15, -0.1) is 0 Å². The molecule has 0 fully saturated rings. The quantitative estimate of drug-likeness (QED) is 0.582. The van der Waals surface area contributed by atoms with Gasteiger partial charge in [-0.05, 0) is 51.8 Å². The first-order chi connectivity index (χ1) is 10.3. The second-order valence-corrected chi connectivity index (χ2v) is 5.94. The number of rotatable bonds is 3. The van der Waals surface area contributed by atoms with E-state index in [2.05, 4.69) is 73.3 Å². The van der Waals surface area contributed by atoms with Crippen LogP contribution in [0.5, 0.6) is 0 Å². The van der Waals surface area contributed by atoms with Crippen LogP contribution in [0.15, 0.2) is 73.3 Å². The van der Waals surface area contributed by atoms with Crippen LogP contribution in [0.3, 0.4) is 0 Å². The molecule has 0 amide bonds. The van der Waals surface area contributed by atoms with Gasteiger partial charge in [0.1, 0.15) is 0 Å². The Morgan fingerprint density at radius 2 is 1.67 bits per heavy atom. The molecule has 0 saturated heterocycles. The molecule has 4 rings (SSSR count). The molecule has 1 aliphatic rings. The first-order valence-corrected chi connectivity index (χ1v) is 7.56.